The van der Waals surface area contributed by atoms with E-state index in [0.717, 1.165) is 32.8 Å². The van der Waals surface area contributed by atoms with Crippen LogP contribution >= 0.6 is 0 Å². The average molecular weight is 308 g/mol. The fourth-order valence-electron chi connectivity index (χ4n) is 6.65. The second-order valence-electron chi connectivity index (χ2n) is 9.58. The van der Waals surface area contributed by atoms with Crippen LogP contribution in [0.1, 0.15) is 52.4 Å². The molecule has 0 amide bonds. The topological polar surface area (TPSA) is 43.5 Å². The Morgan fingerprint density at radius 1 is 0.727 bits per heavy atom. The zero-order valence-electron chi connectivity index (χ0n) is 13.9. The van der Waals surface area contributed by atoms with Gasteiger partial charge in [0.1, 0.15) is 12.2 Å². The van der Waals surface area contributed by atoms with Gasteiger partial charge in [0.25, 0.3) is 0 Å². The lowest BCUT2D eigenvalue weighted by Crippen LogP contribution is -2.67. The van der Waals surface area contributed by atoms with E-state index in [0.29, 0.717) is 23.0 Å². The second-order valence-corrected chi connectivity index (χ2v) is 9.58. The van der Waals surface area contributed by atoms with E-state index in [4.69, 9.17) is 18.9 Å². The van der Waals surface area contributed by atoms with Gasteiger partial charge in [0.15, 0.2) is 0 Å². The highest BCUT2D eigenvalue weighted by molar-refractivity contribution is 5.18. The maximum atomic E-state index is 6.51. The number of hydrogen-bond donors (Lipinski definition) is 0. The minimum atomic E-state index is 0.0224. The molecule has 4 aliphatic carbocycles. The van der Waals surface area contributed by atoms with Crippen molar-refractivity contribution in [2.24, 2.45) is 10.8 Å². The van der Waals surface area contributed by atoms with Gasteiger partial charge in [-0.1, -0.05) is 13.8 Å². The van der Waals surface area contributed by atoms with Gasteiger partial charge in [-0.05, 0) is 42.9 Å². The molecule has 2 unspecified atom stereocenters. The normalized spacial score (nSPS) is 58.1. The third kappa shape index (κ3) is 2.43. The van der Waals surface area contributed by atoms with Crippen LogP contribution in [0.4, 0.5) is 0 Å². The van der Waals surface area contributed by atoms with Crippen LogP contribution in [0.5, 0.6) is 0 Å². The summed E-state index contributed by atoms with van der Waals surface area (Å²) < 4.78 is 23.7. The van der Waals surface area contributed by atoms with E-state index < -0.39 is 0 Å². The van der Waals surface area contributed by atoms with Gasteiger partial charge < -0.3 is 18.9 Å². The Bertz CT molecular complexity index is 425. The quantitative estimate of drug-likeness (QED) is 0.708. The standard InChI is InChI=1S/C18H28O4/c1-15-7-16(2)10-17(8-15,21-5-13-3-19-13)12-18(9-15,11-16)22-6-14-4-20-14/h13-14H,3-12H2,1-2H3. The highest BCUT2D eigenvalue weighted by Crippen LogP contribution is 2.69. The minimum Gasteiger partial charge on any atom is -0.372 e. The average Bonchev–Trinajstić information content (AvgIpc) is 3.24. The molecule has 2 atom stereocenters. The summed E-state index contributed by atoms with van der Waals surface area (Å²) in [6, 6.07) is 0. The lowest BCUT2D eigenvalue weighted by Gasteiger charge is -2.68. The molecule has 6 fully saturated rings. The molecule has 0 N–H and O–H groups in total. The van der Waals surface area contributed by atoms with Gasteiger partial charge in [-0.15, -0.1) is 0 Å². The monoisotopic (exact) mass is 308 g/mol. The Balaban J connectivity index is 1.41. The van der Waals surface area contributed by atoms with Gasteiger partial charge in [0.05, 0.1) is 37.6 Å². The molecule has 4 bridgehead atoms. The van der Waals surface area contributed by atoms with Crippen molar-refractivity contribution in [3.63, 3.8) is 0 Å². The van der Waals surface area contributed by atoms with Crippen LogP contribution in [-0.2, 0) is 18.9 Å². The van der Waals surface area contributed by atoms with Crippen molar-refractivity contribution in [1.29, 1.82) is 0 Å². The van der Waals surface area contributed by atoms with E-state index in [1.165, 1.54) is 32.1 Å². The molecule has 4 nitrogen and oxygen atoms in total. The van der Waals surface area contributed by atoms with Crippen LogP contribution in [0.3, 0.4) is 0 Å². The van der Waals surface area contributed by atoms with Crippen LogP contribution in [-0.4, -0.2) is 49.8 Å². The van der Waals surface area contributed by atoms with Crippen LogP contribution < -0.4 is 0 Å². The number of ether oxygens (including phenoxy) is 4. The van der Waals surface area contributed by atoms with Gasteiger partial charge in [0, 0.05) is 6.42 Å². The van der Waals surface area contributed by atoms with Crippen LogP contribution in [0.15, 0.2) is 0 Å². The molecular formula is C18H28O4. The first kappa shape index (κ1) is 14.2. The number of hydrogen-bond acceptors (Lipinski definition) is 4. The summed E-state index contributed by atoms with van der Waals surface area (Å²) in [5, 5.41) is 0. The van der Waals surface area contributed by atoms with Gasteiger partial charge >= 0.3 is 0 Å². The van der Waals surface area contributed by atoms with Crippen molar-refractivity contribution >= 4 is 0 Å². The van der Waals surface area contributed by atoms with Gasteiger partial charge in [0.2, 0.25) is 0 Å². The van der Waals surface area contributed by atoms with Crippen molar-refractivity contribution in [2.75, 3.05) is 26.4 Å². The van der Waals surface area contributed by atoms with E-state index in [1.807, 2.05) is 0 Å². The molecule has 0 radical (unpaired) electrons. The molecule has 4 saturated carbocycles. The SMILES string of the molecule is CC12CC3(C)CC(OCC4CO4)(C1)CC(OCC1CO1)(C2)C3. The third-order valence-corrected chi connectivity index (χ3v) is 6.45. The molecule has 0 aromatic rings. The Morgan fingerprint density at radius 3 is 1.50 bits per heavy atom. The highest BCUT2D eigenvalue weighted by atomic mass is 16.6. The van der Waals surface area contributed by atoms with Crippen molar-refractivity contribution in [3.05, 3.63) is 0 Å². The Morgan fingerprint density at radius 2 is 1.14 bits per heavy atom. The van der Waals surface area contributed by atoms with Crippen LogP contribution in [0, 0.1) is 10.8 Å². The smallest absolute Gasteiger partial charge is 0.104 e. The Kier molecular flexibility index (Phi) is 2.76. The first-order valence-electron chi connectivity index (χ1n) is 8.91. The molecule has 0 spiro atoms. The lowest BCUT2D eigenvalue weighted by molar-refractivity contribution is -0.281. The fraction of sp³-hybridized carbons (Fsp3) is 1.00. The molecule has 2 saturated heterocycles. The summed E-state index contributed by atoms with van der Waals surface area (Å²) in [5.41, 5.74) is 0.792. The largest absolute Gasteiger partial charge is 0.372 e. The molecular weight excluding hydrogens is 280 g/mol. The first-order chi connectivity index (χ1) is 10.4. The van der Waals surface area contributed by atoms with Gasteiger partial charge in [-0.3, -0.25) is 0 Å². The highest BCUT2D eigenvalue weighted by Gasteiger charge is 2.67. The number of rotatable bonds is 6. The van der Waals surface area contributed by atoms with Gasteiger partial charge in [-0.25, -0.2) is 0 Å². The van der Waals surface area contributed by atoms with Crippen molar-refractivity contribution in [2.45, 2.75) is 75.8 Å². The Hall–Kier alpha value is -0.160. The maximum absolute atomic E-state index is 6.51. The molecule has 2 aliphatic heterocycles. The minimum absolute atomic E-state index is 0.0224. The van der Waals surface area contributed by atoms with Crippen LogP contribution in [0.2, 0.25) is 0 Å². The summed E-state index contributed by atoms with van der Waals surface area (Å²) in [6.45, 7) is 8.22. The second kappa shape index (κ2) is 4.27. The van der Waals surface area contributed by atoms with E-state index in [9.17, 15) is 0 Å². The van der Waals surface area contributed by atoms with E-state index >= 15 is 0 Å². The zero-order chi connectivity index (χ0) is 15.1. The summed E-state index contributed by atoms with van der Waals surface area (Å²) in [6.07, 6.45) is 7.91. The molecule has 6 rings (SSSR count). The first-order valence-corrected chi connectivity index (χ1v) is 8.91. The molecule has 4 heteroatoms. The summed E-state index contributed by atoms with van der Waals surface area (Å²) in [5.74, 6) is 0. The maximum Gasteiger partial charge on any atom is 0.104 e. The lowest BCUT2D eigenvalue weighted by atomic mass is 9.42. The summed E-state index contributed by atoms with van der Waals surface area (Å²) >= 11 is 0. The summed E-state index contributed by atoms with van der Waals surface area (Å²) in [4.78, 5) is 0. The molecule has 6 aliphatic rings. The third-order valence-electron chi connectivity index (χ3n) is 6.45. The van der Waals surface area contributed by atoms with Gasteiger partial charge in [-0.2, -0.15) is 0 Å². The van der Waals surface area contributed by atoms with Crippen LogP contribution in [0.25, 0.3) is 0 Å². The Labute approximate surface area is 132 Å². The van der Waals surface area contributed by atoms with E-state index in [1.54, 1.807) is 0 Å². The fourth-order valence-corrected chi connectivity index (χ4v) is 6.65. The molecule has 22 heavy (non-hydrogen) atoms. The summed E-state index contributed by atoms with van der Waals surface area (Å²) in [7, 11) is 0. The predicted octanol–water partition coefficient (Wildman–Crippen LogP) is 2.69. The van der Waals surface area contributed by atoms with Crippen molar-refractivity contribution in [1.82, 2.24) is 0 Å². The van der Waals surface area contributed by atoms with E-state index in [2.05, 4.69) is 13.8 Å². The molecule has 0 aromatic heterocycles. The predicted molar refractivity (Wildman–Crippen MR) is 80.8 cm³/mol. The van der Waals surface area contributed by atoms with E-state index in [-0.39, 0.29) is 11.2 Å². The molecule has 2 heterocycles. The zero-order valence-corrected chi connectivity index (χ0v) is 13.9. The number of epoxide rings is 2. The van der Waals surface area contributed by atoms with Crippen molar-refractivity contribution in [3.8, 4) is 0 Å². The van der Waals surface area contributed by atoms with Crippen molar-refractivity contribution < 1.29 is 18.9 Å². The molecule has 0 aromatic carbocycles. The molecule has 124 valence electrons.